The fourth-order valence-corrected chi connectivity index (χ4v) is 2.25. The number of nitrogens with one attached hydrogen (secondary N) is 2. The first kappa shape index (κ1) is 20.0. The minimum atomic E-state index is -0.166. The molecular formula is C18H30N4O2. The number of benzene rings is 1. The molecule has 0 bridgehead atoms. The maximum atomic E-state index is 12.0. The molecule has 1 rings (SSSR count). The van der Waals surface area contributed by atoms with E-state index in [4.69, 9.17) is 0 Å². The van der Waals surface area contributed by atoms with Gasteiger partial charge < -0.3 is 15.5 Å². The lowest BCUT2D eigenvalue weighted by Gasteiger charge is -2.20. The van der Waals surface area contributed by atoms with Gasteiger partial charge in [-0.2, -0.15) is 0 Å². The third-order valence-electron chi connectivity index (χ3n) is 3.57. The van der Waals surface area contributed by atoms with E-state index < -0.39 is 0 Å². The van der Waals surface area contributed by atoms with Gasteiger partial charge in [0, 0.05) is 32.4 Å². The highest BCUT2D eigenvalue weighted by Crippen LogP contribution is 2.13. The average Bonchev–Trinajstić information content (AvgIpc) is 2.52. The normalized spacial score (nSPS) is 10.8. The van der Waals surface area contributed by atoms with Gasteiger partial charge in [-0.15, -0.1) is 0 Å². The predicted molar refractivity (Wildman–Crippen MR) is 98.0 cm³/mol. The van der Waals surface area contributed by atoms with Gasteiger partial charge in [0.1, 0.15) is 0 Å². The van der Waals surface area contributed by atoms with Crippen LogP contribution in [-0.2, 0) is 16.1 Å². The molecule has 0 atom stereocenters. The zero-order chi connectivity index (χ0) is 18.1. The average molecular weight is 334 g/mol. The van der Waals surface area contributed by atoms with Crippen LogP contribution in [-0.4, -0.2) is 56.5 Å². The minimum Gasteiger partial charge on any atom is -0.378 e. The number of likely N-dealkylation sites (N-methyl/N-ethyl adjacent to an activating group) is 1. The summed E-state index contributed by atoms with van der Waals surface area (Å²) in [7, 11) is 4.01. The summed E-state index contributed by atoms with van der Waals surface area (Å²) in [6.07, 6.45) is 0. The van der Waals surface area contributed by atoms with Gasteiger partial charge >= 0.3 is 0 Å². The fourth-order valence-electron chi connectivity index (χ4n) is 2.25. The second-order valence-electron chi connectivity index (χ2n) is 6.36. The Bertz CT molecular complexity index is 526. The third-order valence-corrected chi connectivity index (χ3v) is 3.57. The van der Waals surface area contributed by atoms with E-state index in [9.17, 15) is 9.59 Å². The number of hydrogen-bond donors (Lipinski definition) is 2. The summed E-state index contributed by atoms with van der Waals surface area (Å²) in [6.45, 7) is 7.57. The molecule has 0 spiro atoms. The summed E-state index contributed by atoms with van der Waals surface area (Å²) in [5.41, 5.74) is 2.31. The van der Waals surface area contributed by atoms with Crippen LogP contribution in [0.3, 0.4) is 0 Å². The first-order valence-corrected chi connectivity index (χ1v) is 8.36. The zero-order valence-corrected chi connectivity index (χ0v) is 15.4. The highest BCUT2D eigenvalue weighted by Gasteiger charge is 2.11. The second-order valence-corrected chi connectivity index (χ2v) is 6.36. The van der Waals surface area contributed by atoms with E-state index in [1.807, 2.05) is 39.8 Å². The zero-order valence-electron chi connectivity index (χ0n) is 15.4. The van der Waals surface area contributed by atoms with E-state index in [2.05, 4.69) is 39.8 Å². The lowest BCUT2D eigenvalue weighted by Crippen LogP contribution is -2.43. The molecule has 1 aromatic carbocycles. The molecule has 6 nitrogen and oxygen atoms in total. The van der Waals surface area contributed by atoms with Crippen molar-refractivity contribution < 1.29 is 9.59 Å². The Morgan fingerprint density at radius 1 is 1.08 bits per heavy atom. The van der Waals surface area contributed by atoms with Crippen molar-refractivity contribution in [1.29, 1.82) is 0 Å². The van der Waals surface area contributed by atoms with Crippen LogP contribution in [0.4, 0.5) is 5.69 Å². The minimum absolute atomic E-state index is 0.0199. The maximum Gasteiger partial charge on any atom is 0.239 e. The molecule has 0 saturated heterocycles. The number of anilines is 1. The van der Waals surface area contributed by atoms with Gasteiger partial charge in [-0.1, -0.05) is 19.1 Å². The van der Waals surface area contributed by atoms with Gasteiger partial charge in [-0.25, -0.2) is 0 Å². The molecule has 2 N–H and O–H groups in total. The molecule has 0 saturated carbocycles. The monoisotopic (exact) mass is 334 g/mol. The summed E-state index contributed by atoms with van der Waals surface area (Å²) in [5, 5.41) is 5.41. The second kappa shape index (κ2) is 9.93. The molecule has 6 heteroatoms. The van der Waals surface area contributed by atoms with E-state index in [0.717, 1.165) is 17.8 Å². The molecule has 0 heterocycles. The highest BCUT2D eigenvalue weighted by molar-refractivity contribution is 5.85. The van der Waals surface area contributed by atoms with Crippen LogP contribution in [0, 0.1) is 0 Å². The molecule has 1 aromatic rings. The molecular weight excluding hydrogens is 304 g/mol. The Kier molecular flexibility index (Phi) is 8.26. The molecule has 0 aliphatic heterocycles. The summed E-state index contributed by atoms with van der Waals surface area (Å²) in [5.74, 6) is -0.304. The van der Waals surface area contributed by atoms with Crippen molar-refractivity contribution >= 4 is 17.5 Å². The molecule has 0 aromatic heterocycles. The van der Waals surface area contributed by atoms with Crippen molar-refractivity contribution in [1.82, 2.24) is 15.5 Å². The van der Waals surface area contributed by atoms with E-state index in [0.29, 0.717) is 6.54 Å². The Morgan fingerprint density at radius 2 is 1.71 bits per heavy atom. The lowest BCUT2D eigenvalue weighted by atomic mass is 10.2. The topological polar surface area (TPSA) is 64.7 Å². The van der Waals surface area contributed by atoms with Gasteiger partial charge in [0.2, 0.25) is 11.8 Å². The Balaban J connectivity index is 2.46. The maximum absolute atomic E-state index is 12.0. The van der Waals surface area contributed by atoms with Crippen molar-refractivity contribution in [3.8, 4) is 0 Å². The quantitative estimate of drug-likeness (QED) is 0.713. The van der Waals surface area contributed by atoms with Crippen molar-refractivity contribution in [2.75, 3.05) is 38.6 Å². The van der Waals surface area contributed by atoms with Gasteiger partial charge in [0.15, 0.2) is 0 Å². The first-order valence-electron chi connectivity index (χ1n) is 8.36. The third kappa shape index (κ3) is 7.46. The summed E-state index contributed by atoms with van der Waals surface area (Å²) in [4.78, 5) is 27.6. The van der Waals surface area contributed by atoms with Crippen molar-refractivity contribution in [3.63, 3.8) is 0 Å². The molecule has 0 aliphatic rings. The largest absolute Gasteiger partial charge is 0.378 e. The number of carbonyl (C=O) groups excluding carboxylic acids is 2. The summed E-state index contributed by atoms with van der Waals surface area (Å²) in [6, 6.07) is 8.36. The summed E-state index contributed by atoms with van der Waals surface area (Å²) >= 11 is 0. The molecule has 0 fully saturated rings. The van der Waals surface area contributed by atoms with Crippen LogP contribution in [0.25, 0.3) is 0 Å². The number of carbonyl (C=O) groups is 2. The molecule has 24 heavy (non-hydrogen) atoms. The van der Waals surface area contributed by atoms with E-state index in [1.54, 1.807) is 0 Å². The molecule has 0 radical (unpaired) electrons. The van der Waals surface area contributed by atoms with Gasteiger partial charge in [-0.3, -0.25) is 14.5 Å². The van der Waals surface area contributed by atoms with Gasteiger partial charge in [0.25, 0.3) is 0 Å². The van der Waals surface area contributed by atoms with Crippen LogP contribution in [0.2, 0.25) is 0 Å². The van der Waals surface area contributed by atoms with Crippen LogP contribution < -0.4 is 15.5 Å². The molecule has 0 aliphatic carbocycles. The van der Waals surface area contributed by atoms with E-state index >= 15 is 0 Å². The van der Waals surface area contributed by atoms with Crippen LogP contribution in [0.1, 0.15) is 26.3 Å². The van der Waals surface area contributed by atoms with Crippen molar-refractivity contribution in [2.45, 2.75) is 33.4 Å². The van der Waals surface area contributed by atoms with Gasteiger partial charge in [-0.05, 0) is 38.1 Å². The number of rotatable bonds is 9. The number of amides is 2. The SMILES string of the molecule is CCN(CC(=O)NCC(=O)NC(C)C)Cc1ccc(N(C)C)cc1. The Morgan fingerprint density at radius 3 is 2.21 bits per heavy atom. The van der Waals surface area contributed by atoms with E-state index in [-0.39, 0.29) is 30.9 Å². The van der Waals surface area contributed by atoms with Crippen molar-refractivity contribution in [3.05, 3.63) is 29.8 Å². The highest BCUT2D eigenvalue weighted by atomic mass is 16.2. The molecule has 0 unspecified atom stereocenters. The van der Waals surface area contributed by atoms with Crippen molar-refractivity contribution in [2.24, 2.45) is 0 Å². The Hall–Kier alpha value is -2.08. The van der Waals surface area contributed by atoms with Crippen LogP contribution in [0.15, 0.2) is 24.3 Å². The Labute approximate surface area is 145 Å². The molecule has 2 amide bonds. The van der Waals surface area contributed by atoms with E-state index in [1.165, 1.54) is 0 Å². The predicted octanol–water partition coefficient (Wildman–Crippen LogP) is 1.22. The number of hydrogen-bond acceptors (Lipinski definition) is 4. The summed E-state index contributed by atoms with van der Waals surface area (Å²) < 4.78 is 0. The molecule has 134 valence electrons. The number of nitrogens with zero attached hydrogens (tertiary/aromatic N) is 2. The van der Waals surface area contributed by atoms with Crippen LogP contribution >= 0.6 is 0 Å². The fraction of sp³-hybridized carbons (Fsp3) is 0.556. The van der Waals surface area contributed by atoms with Crippen LogP contribution in [0.5, 0.6) is 0 Å². The lowest BCUT2D eigenvalue weighted by molar-refractivity contribution is -0.127. The van der Waals surface area contributed by atoms with Gasteiger partial charge in [0.05, 0.1) is 13.1 Å². The smallest absolute Gasteiger partial charge is 0.239 e. The first-order chi connectivity index (χ1) is 11.3. The standard InChI is InChI=1S/C18H30N4O2/c1-6-22(12-15-7-9-16(10-8-15)21(4)5)13-18(24)19-11-17(23)20-14(2)3/h7-10,14H,6,11-13H2,1-5H3,(H,19,24)(H,20,23).